The second-order valence-electron chi connectivity index (χ2n) is 7.31. The number of hydrogen-bond acceptors (Lipinski definition) is 3. The maximum absolute atomic E-state index is 13.0. The Hall–Kier alpha value is -2.76. The molecule has 0 fully saturated rings. The van der Waals surface area contributed by atoms with Crippen molar-refractivity contribution in [3.05, 3.63) is 101 Å². The first-order valence-corrected chi connectivity index (χ1v) is 12.0. The van der Waals surface area contributed by atoms with E-state index in [2.05, 4.69) is 22.2 Å². The van der Waals surface area contributed by atoms with Gasteiger partial charge in [-0.25, -0.2) is 4.98 Å². The number of benzene rings is 3. The first-order valence-electron chi connectivity index (χ1n) is 10.2. The average molecular weight is 450 g/mol. The van der Waals surface area contributed by atoms with Crippen LogP contribution in [0.15, 0.2) is 78.9 Å². The van der Waals surface area contributed by atoms with Crippen LogP contribution in [0.4, 0.5) is 0 Å². The molecule has 0 aliphatic heterocycles. The Morgan fingerprint density at radius 1 is 1.03 bits per heavy atom. The third-order valence-electron chi connectivity index (χ3n) is 5.23. The maximum Gasteiger partial charge on any atom is 0.251 e. The van der Waals surface area contributed by atoms with Gasteiger partial charge in [-0.05, 0) is 54.3 Å². The molecule has 1 N–H and O–H groups in total. The van der Waals surface area contributed by atoms with Crippen molar-refractivity contribution >= 4 is 40.3 Å². The number of imidazole rings is 1. The third-order valence-corrected chi connectivity index (χ3v) is 6.25. The molecular formula is C25H24ClN3OS. The largest absolute Gasteiger partial charge is 0.342 e. The molecule has 4 aromatic rings. The number of nitrogens with zero attached hydrogens (tertiary/aromatic N) is 2. The highest BCUT2D eigenvalue weighted by Gasteiger charge is 2.23. The molecule has 6 heteroatoms. The molecule has 3 aromatic carbocycles. The van der Waals surface area contributed by atoms with E-state index >= 15 is 0 Å². The van der Waals surface area contributed by atoms with E-state index in [1.54, 1.807) is 11.8 Å². The fraction of sp³-hybridized carbons (Fsp3) is 0.200. The van der Waals surface area contributed by atoms with Crippen molar-refractivity contribution in [1.82, 2.24) is 14.9 Å². The lowest BCUT2D eigenvalue weighted by atomic mass is 10.1. The lowest BCUT2D eigenvalue weighted by Crippen LogP contribution is -2.31. The van der Waals surface area contributed by atoms with Gasteiger partial charge >= 0.3 is 0 Å². The normalized spacial score (nSPS) is 12.1. The van der Waals surface area contributed by atoms with Crippen LogP contribution in [0, 0.1) is 0 Å². The molecule has 0 aliphatic rings. The van der Waals surface area contributed by atoms with Crippen LogP contribution in [-0.4, -0.2) is 27.5 Å². The fourth-order valence-corrected chi connectivity index (χ4v) is 4.32. The van der Waals surface area contributed by atoms with Crippen molar-refractivity contribution in [2.45, 2.75) is 19.0 Å². The molecule has 0 radical (unpaired) electrons. The lowest BCUT2D eigenvalue weighted by Gasteiger charge is -2.20. The van der Waals surface area contributed by atoms with E-state index in [4.69, 9.17) is 16.6 Å². The number of fused-ring (bicyclic) bond motifs is 1. The summed E-state index contributed by atoms with van der Waals surface area (Å²) in [4.78, 5) is 17.9. The third kappa shape index (κ3) is 4.94. The zero-order valence-electron chi connectivity index (χ0n) is 17.3. The van der Waals surface area contributed by atoms with Crippen molar-refractivity contribution < 1.29 is 4.79 Å². The standard InChI is InChI=1S/C25H24ClN3OS/c1-31-16-15-22(28-25(30)18-9-3-2-4-10-18)24-27-21-13-7-8-14-23(21)29(24)17-19-11-5-6-12-20(19)26/h2-14,22H,15-17H2,1H3,(H,28,30)/t22-/m0/s1. The van der Waals surface area contributed by atoms with Crippen LogP contribution in [0.25, 0.3) is 11.0 Å². The Labute approximate surface area is 191 Å². The first-order chi connectivity index (χ1) is 15.2. The van der Waals surface area contributed by atoms with E-state index in [1.165, 1.54) is 0 Å². The van der Waals surface area contributed by atoms with Crippen LogP contribution in [0.5, 0.6) is 0 Å². The number of carbonyl (C=O) groups excluding carboxylic acids is 1. The Morgan fingerprint density at radius 3 is 2.52 bits per heavy atom. The van der Waals surface area contributed by atoms with E-state index in [0.29, 0.717) is 12.1 Å². The number of aromatic nitrogens is 2. The van der Waals surface area contributed by atoms with Crippen LogP contribution in [0.2, 0.25) is 5.02 Å². The molecule has 1 aromatic heterocycles. The second-order valence-corrected chi connectivity index (χ2v) is 8.70. The molecule has 0 aliphatic carbocycles. The number of halogens is 1. The second kappa shape index (κ2) is 10.0. The summed E-state index contributed by atoms with van der Waals surface area (Å²) in [5, 5.41) is 3.94. The predicted octanol–water partition coefficient (Wildman–Crippen LogP) is 5.96. The Bertz CT molecular complexity index is 1180. The van der Waals surface area contributed by atoms with Crippen LogP contribution in [0.3, 0.4) is 0 Å². The van der Waals surface area contributed by atoms with Crippen LogP contribution >= 0.6 is 23.4 Å². The van der Waals surface area contributed by atoms with Gasteiger partial charge in [-0.3, -0.25) is 4.79 Å². The van der Waals surface area contributed by atoms with Gasteiger partial charge in [0.2, 0.25) is 0 Å². The first kappa shape index (κ1) is 21.5. The van der Waals surface area contributed by atoms with E-state index in [-0.39, 0.29) is 11.9 Å². The summed E-state index contributed by atoms with van der Waals surface area (Å²) in [7, 11) is 0. The van der Waals surface area contributed by atoms with Crippen molar-refractivity contribution in [3.8, 4) is 0 Å². The molecule has 0 bridgehead atoms. The van der Waals surface area contributed by atoms with Gasteiger partial charge in [0.1, 0.15) is 5.82 Å². The van der Waals surface area contributed by atoms with Gasteiger partial charge in [0, 0.05) is 10.6 Å². The highest BCUT2D eigenvalue weighted by molar-refractivity contribution is 7.98. The van der Waals surface area contributed by atoms with Crippen molar-refractivity contribution in [1.29, 1.82) is 0 Å². The number of amides is 1. The SMILES string of the molecule is CSCC[C@H](NC(=O)c1ccccc1)c1nc2ccccc2n1Cc1ccccc1Cl. The molecule has 31 heavy (non-hydrogen) atoms. The monoisotopic (exact) mass is 449 g/mol. The van der Waals surface area contributed by atoms with Gasteiger partial charge in [0.05, 0.1) is 23.6 Å². The molecule has 1 atom stereocenters. The minimum absolute atomic E-state index is 0.0944. The van der Waals surface area contributed by atoms with Gasteiger partial charge in [-0.1, -0.05) is 60.1 Å². The van der Waals surface area contributed by atoms with Crippen LogP contribution < -0.4 is 5.32 Å². The van der Waals surface area contributed by atoms with Gasteiger partial charge in [0.15, 0.2) is 0 Å². The van der Waals surface area contributed by atoms with Crippen molar-refractivity contribution in [3.63, 3.8) is 0 Å². The number of rotatable bonds is 8. The van der Waals surface area contributed by atoms with Gasteiger partial charge < -0.3 is 9.88 Å². The van der Waals surface area contributed by atoms with E-state index < -0.39 is 0 Å². The zero-order chi connectivity index (χ0) is 21.6. The van der Waals surface area contributed by atoms with Crippen LogP contribution in [0.1, 0.15) is 34.2 Å². The van der Waals surface area contributed by atoms with Crippen LogP contribution in [-0.2, 0) is 6.54 Å². The van der Waals surface area contributed by atoms with Crippen molar-refractivity contribution in [2.24, 2.45) is 0 Å². The highest BCUT2D eigenvalue weighted by atomic mass is 35.5. The van der Waals surface area contributed by atoms with Gasteiger partial charge in [-0.15, -0.1) is 0 Å². The molecule has 0 saturated carbocycles. The summed E-state index contributed by atoms with van der Waals surface area (Å²) in [6.45, 7) is 0.590. The number of hydrogen-bond donors (Lipinski definition) is 1. The lowest BCUT2D eigenvalue weighted by molar-refractivity contribution is 0.0933. The zero-order valence-corrected chi connectivity index (χ0v) is 18.9. The summed E-state index contributed by atoms with van der Waals surface area (Å²) in [6.07, 6.45) is 2.86. The van der Waals surface area contributed by atoms with E-state index in [9.17, 15) is 4.79 Å². The summed E-state index contributed by atoms with van der Waals surface area (Å²) >= 11 is 8.22. The van der Waals surface area contributed by atoms with Gasteiger partial charge in [-0.2, -0.15) is 11.8 Å². The smallest absolute Gasteiger partial charge is 0.251 e. The molecule has 4 rings (SSSR count). The Balaban J connectivity index is 1.75. The van der Waals surface area contributed by atoms with E-state index in [0.717, 1.165) is 39.6 Å². The summed E-state index contributed by atoms with van der Waals surface area (Å²) in [6, 6.07) is 25.0. The minimum Gasteiger partial charge on any atom is -0.342 e. The number of para-hydroxylation sites is 2. The molecule has 1 amide bonds. The summed E-state index contributed by atoms with van der Waals surface area (Å²) in [5.41, 5.74) is 3.60. The highest BCUT2D eigenvalue weighted by Crippen LogP contribution is 2.27. The topological polar surface area (TPSA) is 46.9 Å². The molecule has 0 unspecified atom stereocenters. The molecule has 1 heterocycles. The maximum atomic E-state index is 13.0. The number of nitrogens with one attached hydrogen (secondary N) is 1. The quantitative estimate of drug-likeness (QED) is 0.361. The molecule has 4 nitrogen and oxygen atoms in total. The molecule has 0 saturated heterocycles. The molecule has 158 valence electrons. The summed E-state index contributed by atoms with van der Waals surface area (Å²) in [5.74, 6) is 1.66. The van der Waals surface area contributed by atoms with Crippen molar-refractivity contribution in [2.75, 3.05) is 12.0 Å². The molecular weight excluding hydrogens is 426 g/mol. The van der Waals surface area contributed by atoms with E-state index in [1.807, 2.05) is 72.8 Å². The minimum atomic E-state index is -0.213. The molecule has 0 spiro atoms. The van der Waals surface area contributed by atoms with Gasteiger partial charge in [0.25, 0.3) is 5.91 Å². The summed E-state index contributed by atoms with van der Waals surface area (Å²) < 4.78 is 2.17. The number of thioether (sulfide) groups is 1. The fourth-order valence-electron chi connectivity index (χ4n) is 3.66. The average Bonchev–Trinajstić information content (AvgIpc) is 3.17. The Kier molecular flexibility index (Phi) is 6.95. The predicted molar refractivity (Wildman–Crippen MR) is 130 cm³/mol. The number of carbonyl (C=O) groups is 1. The Morgan fingerprint density at radius 2 is 1.74 bits per heavy atom.